The summed E-state index contributed by atoms with van der Waals surface area (Å²) in [6.07, 6.45) is 0.315. The number of aromatic carboxylic acids is 1. The van der Waals surface area contributed by atoms with Crippen molar-refractivity contribution < 1.29 is 14.7 Å². The molecule has 1 aromatic rings. The molecule has 1 aromatic carbocycles. The molecule has 0 saturated heterocycles. The molecule has 88 valence electrons. The summed E-state index contributed by atoms with van der Waals surface area (Å²) >= 11 is 3.21. The summed E-state index contributed by atoms with van der Waals surface area (Å²) in [6, 6.07) is 4.73. The Labute approximate surface area is 107 Å². The van der Waals surface area contributed by atoms with Crippen molar-refractivity contribution in [3.05, 3.63) is 40.4 Å². The molecule has 0 unspecified atom stereocenters. The average molecular weight is 296 g/mol. The molecule has 0 fully saturated rings. The van der Waals surface area contributed by atoms with Gasteiger partial charge in [0.2, 0.25) is 5.91 Å². The van der Waals surface area contributed by atoms with E-state index in [4.69, 9.17) is 5.11 Å². The van der Waals surface area contributed by atoms with Gasteiger partial charge in [-0.25, -0.2) is 4.79 Å². The Kier molecular flexibility index (Phi) is 3.02. The zero-order chi connectivity index (χ0) is 12.6. The van der Waals surface area contributed by atoms with Gasteiger partial charge >= 0.3 is 5.97 Å². The third-order valence-electron chi connectivity index (χ3n) is 2.60. The monoisotopic (exact) mass is 295 g/mol. The van der Waals surface area contributed by atoms with Gasteiger partial charge in [-0.15, -0.1) is 0 Å². The summed E-state index contributed by atoms with van der Waals surface area (Å²) in [4.78, 5) is 24.2. The minimum Gasteiger partial charge on any atom is -0.478 e. The summed E-state index contributed by atoms with van der Waals surface area (Å²) in [6.45, 7) is 4.05. The van der Waals surface area contributed by atoms with E-state index in [2.05, 4.69) is 22.5 Å². The van der Waals surface area contributed by atoms with Crippen LogP contribution in [0, 0.1) is 0 Å². The van der Waals surface area contributed by atoms with Crippen molar-refractivity contribution in [2.45, 2.75) is 6.42 Å². The van der Waals surface area contributed by atoms with Gasteiger partial charge in [0.25, 0.3) is 0 Å². The molecule has 1 aliphatic heterocycles. The van der Waals surface area contributed by atoms with Crippen LogP contribution in [0.3, 0.4) is 0 Å². The summed E-state index contributed by atoms with van der Waals surface area (Å²) in [5, 5.41) is 8.92. The fraction of sp³-hybridized carbons (Fsp3) is 0.167. The smallest absolute Gasteiger partial charge is 0.335 e. The van der Waals surface area contributed by atoms with Crippen molar-refractivity contribution in [3.63, 3.8) is 0 Å². The second kappa shape index (κ2) is 4.33. The average Bonchev–Trinajstić information content (AvgIpc) is 2.54. The minimum atomic E-state index is -0.996. The first kappa shape index (κ1) is 11.9. The van der Waals surface area contributed by atoms with E-state index in [1.165, 1.54) is 12.1 Å². The number of benzene rings is 1. The van der Waals surface area contributed by atoms with Crippen molar-refractivity contribution in [1.29, 1.82) is 0 Å². The van der Waals surface area contributed by atoms with Crippen molar-refractivity contribution in [2.24, 2.45) is 0 Å². The lowest BCUT2D eigenvalue weighted by atomic mass is 10.1. The molecule has 0 bridgehead atoms. The highest BCUT2D eigenvalue weighted by atomic mass is 79.9. The summed E-state index contributed by atoms with van der Waals surface area (Å²) in [5.41, 5.74) is 1.70. The van der Waals surface area contributed by atoms with Crippen LogP contribution in [0.5, 0.6) is 0 Å². The van der Waals surface area contributed by atoms with Gasteiger partial charge in [0.15, 0.2) is 0 Å². The topological polar surface area (TPSA) is 57.6 Å². The maximum Gasteiger partial charge on any atom is 0.335 e. The Bertz CT molecular complexity index is 524. The second-order valence-electron chi connectivity index (χ2n) is 3.82. The maximum absolute atomic E-state index is 11.8. The summed E-state index contributed by atoms with van der Waals surface area (Å²) in [5.74, 6) is -1.03. The predicted octanol–water partition coefficient (Wildman–Crippen LogP) is 2.18. The number of fused-ring (bicyclic) bond motifs is 1. The molecule has 0 atom stereocenters. The van der Waals surface area contributed by atoms with E-state index < -0.39 is 5.97 Å². The van der Waals surface area contributed by atoms with Crippen molar-refractivity contribution in [1.82, 2.24) is 0 Å². The molecule has 5 heteroatoms. The van der Waals surface area contributed by atoms with Gasteiger partial charge in [0.1, 0.15) is 0 Å². The minimum absolute atomic E-state index is 0.0388. The molecule has 2 rings (SSSR count). The van der Waals surface area contributed by atoms with E-state index >= 15 is 0 Å². The first-order valence-corrected chi connectivity index (χ1v) is 5.78. The standard InChI is InChI=1S/C12H10BrNO3/c1-7(13)6-14-10-4-9(12(16)17)3-2-8(10)5-11(14)15/h2-4H,1,5-6H2,(H,16,17). The van der Waals surface area contributed by atoms with Crippen LogP contribution in [0.2, 0.25) is 0 Å². The molecule has 0 aromatic heterocycles. The van der Waals surface area contributed by atoms with Gasteiger partial charge in [-0.2, -0.15) is 0 Å². The van der Waals surface area contributed by atoms with Gasteiger partial charge < -0.3 is 10.0 Å². The van der Waals surface area contributed by atoms with E-state index in [0.717, 1.165) is 5.56 Å². The summed E-state index contributed by atoms with van der Waals surface area (Å²) in [7, 11) is 0. The first-order valence-electron chi connectivity index (χ1n) is 4.99. The third-order valence-corrected chi connectivity index (χ3v) is 2.85. The normalized spacial score (nSPS) is 13.7. The third kappa shape index (κ3) is 2.24. The maximum atomic E-state index is 11.8. The molecule has 4 nitrogen and oxygen atoms in total. The van der Waals surface area contributed by atoms with Crippen molar-refractivity contribution in [2.75, 3.05) is 11.4 Å². The first-order chi connectivity index (χ1) is 7.99. The lowest BCUT2D eigenvalue weighted by Crippen LogP contribution is -2.27. The molecular formula is C12H10BrNO3. The molecule has 1 amide bonds. The van der Waals surface area contributed by atoms with Crippen LogP contribution in [0.15, 0.2) is 29.3 Å². The van der Waals surface area contributed by atoms with Crippen LogP contribution in [-0.4, -0.2) is 23.5 Å². The lowest BCUT2D eigenvalue weighted by molar-refractivity contribution is -0.117. The Morgan fingerprint density at radius 3 is 2.82 bits per heavy atom. The van der Waals surface area contributed by atoms with Crippen molar-refractivity contribution >= 4 is 33.5 Å². The number of carboxylic acids is 1. The molecule has 0 aliphatic carbocycles. The molecule has 17 heavy (non-hydrogen) atoms. The molecule has 0 spiro atoms. The van der Waals surface area contributed by atoms with Crippen molar-refractivity contribution in [3.8, 4) is 0 Å². The van der Waals surface area contributed by atoms with E-state index in [9.17, 15) is 9.59 Å². The predicted molar refractivity (Wildman–Crippen MR) is 67.5 cm³/mol. The van der Waals surface area contributed by atoms with Gasteiger partial charge in [-0.3, -0.25) is 4.79 Å². The molecule has 0 radical (unpaired) electrons. The number of amides is 1. The number of nitrogens with zero attached hydrogens (tertiary/aromatic N) is 1. The molecule has 1 aliphatic rings. The lowest BCUT2D eigenvalue weighted by Gasteiger charge is -2.16. The zero-order valence-corrected chi connectivity index (χ0v) is 10.5. The number of carbonyl (C=O) groups is 2. The van der Waals surface area contributed by atoms with Gasteiger partial charge in [-0.05, 0) is 17.7 Å². The van der Waals surface area contributed by atoms with E-state index in [1.54, 1.807) is 11.0 Å². The number of halogens is 1. The fourth-order valence-electron chi connectivity index (χ4n) is 1.84. The molecule has 1 N–H and O–H groups in total. The van der Waals surface area contributed by atoms with Gasteiger partial charge in [0, 0.05) is 10.2 Å². The molecular weight excluding hydrogens is 286 g/mol. The number of hydrogen-bond donors (Lipinski definition) is 1. The van der Waals surface area contributed by atoms with Crippen LogP contribution < -0.4 is 4.90 Å². The molecule has 0 saturated carbocycles. The number of carbonyl (C=O) groups excluding carboxylic acids is 1. The van der Waals surface area contributed by atoms with E-state index in [0.29, 0.717) is 23.1 Å². The fourth-order valence-corrected chi connectivity index (χ4v) is 2.09. The Balaban J connectivity index is 2.42. The largest absolute Gasteiger partial charge is 0.478 e. The SMILES string of the molecule is C=C(Br)CN1C(=O)Cc2ccc(C(=O)O)cc21. The van der Waals surface area contributed by atoms with E-state index in [-0.39, 0.29) is 11.5 Å². The highest BCUT2D eigenvalue weighted by Gasteiger charge is 2.27. The highest BCUT2D eigenvalue weighted by Crippen LogP contribution is 2.30. The Morgan fingerprint density at radius 2 is 2.24 bits per heavy atom. The molecule has 1 heterocycles. The summed E-state index contributed by atoms with van der Waals surface area (Å²) < 4.78 is 0.680. The second-order valence-corrected chi connectivity index (χ2v) is 4.94. The number of anilines is 1. The van der Waals surface area contributed by atoms with Gasteiger partial charge in [-0.1, -0.05) is 28.6 Å². The Hall–Kier alpha value is -1.62. The quantitative estimate of drug-likeness (QED) is 0.930. The van der Waals surface area contributed by atoms with Crippen LogP contribution >= 0.6 is 15.9 Å². The number of hydrogen-bond acceptors (Lipinski definition) is 2. The van der Waals surface area contributed by atoms with Crippen LogP contribution in [0.25, 0.3) is 0 Å². The number of carboxylic acid groups (broad SMARTS) is 1. The Morgan fingerprint density at radius 1 is 1.53 bits per heavy atom. The van der Waals surface area contributed by atoms with Crippen LogP contribution in [0.1, 0.15) is 15.9 Å². The number of rotatable bonds is 3. The van der Waals surface area contributed by atoms with Gasteiger partial charge in [0.05, 0.1) is 18.5 Å². The van der Waals surface area contributed by atoms with Crippen LogP contribution in [-0.2, 0) is 11.2 Å². The van der Waals surface area contributed by atoms with Crippen LogP contribution in [0.4, 0.5) is 5.69 Å². The van der Waals surface area contributed by atoms with E-state index in [1.807, 2.05) is 0 Å². The zero-order valence-electron chi connectivity index (χ0n) is 8.94. The highest BCUT2D eigenvalue weighted by molar-refractivity contribution is 9.11.